The van der Waals surface area contributed by atoms with Gasteiger partial charge in [0, 0.05) is 12.7 Å². The number of hydrogen-bond donors (Lipinski definition) is 2. The SMILES string of the molecule is C=CC(=O)NC(=C)/C=C\NC. The number of hydrogen-bond acceptors (Lipinski definition) is 2. The van der Waals surface area contributed by atoms with Crippen molar-refractivity contribution < 1.29 is 4.79 Å². The maximum Gasteiger partial charge on any atom is 0.247 e. The van der Waals surface area contributed by atoms with Crippen LogP contribution < -0.4 is 10.6 Å². The maximum absolute atomic E-state index is 10.6. The van der Waals surface area contributed by atoms with Crippen LogP contribution in [0.4, 0.5) is 0 Å². The van der Waals surface area contributed by atoms with E-state index in [2.05, 4.69) is 23.8 Å². The van der Waals surface area contributed by atoms with E-state index < -0.39 is 0 Å². The van der Waals surface area contributed by atoms with Gasteiger partial charge in [0.1, 0.15) is 0 Å². The zero-order valence-electron chi connectivity index (χ0n) is 6.55. The molecule has 0 atom stereocenters. The van der Waals surface area contributed by atoms with Crippen molar-refractivity contribution in [1.82, 2.24) is 10.6 Å². The molecule has 1 amide bonds. The molecule has 0 bridgehead atoms. The predicted octanol–water partition coefficient (Wildman–Crippen LogP) is 0.535. The molecule has 0 aliphatic heterocycles. The summed E-state index contributed by atoms with van der Waals surface area (Å²) in [6.07, 6.45) is 4.52. The topological polar surface area (TPSA) is 41.1 Å². The minimum absolute atomic E-state index is 0.254. The molecule has 0 aromatic rings. The molecule has 0 radical (unpaired) electrons. The van der Waals surface area contributed by atoms with Crippen LogP contribution in [-0.4, -0.2) is 13.0 Å². The molecule has 3 nitrogen and oxygen atoms in total. The molecule has 0 heterocycles. The zero-order chi connectivity index (χ0) is 8.69. The molecular weight excluding hydrogens is 140 g/mol. The number of amides is 1. The maximum atomic E-state index is 10.6. The van der Waals surface area contributed by atoms with E-state index in [9.17, 15) is 4.79 Å². The first kappa shape index (κ1) is 9.49. The van der Waals surface area contributed by atoms with Crippen LogP contribution in [0.15, 0.2) is 37.2 Å². The van der Waals surface area contributed by atoms with Crippen LogP contribution in [0.2, 0.25) is 0 Å². The van der Waals surface area contributed by atoms with E-state index >= 15 is 0 Å². The van der Waals surface area contributed by atoms with Crippen molar-refractivity contribution in [3.8, 4) is 0 Å². The summed E-state index contributed by atoms with van der Waals surface area (Å²) in [5.41, 5.74) is 0.532. The van der Waals surface area contributed by atoms with Crippen molar-refractivity contribution in [3.63, 3.8) is 0 Å². The van der Waals surface area contributed by atoms with Gasteiger partial charge in [0.2, 0.25) is 5.91 Å². The van der Waals surface area contributed by atoms with Gasteiger partial charge >= 0.3 is 0 Å². The summed E-state index contributed by atoms with van der Waals surface area (Å²) in [7, 11) is 1.76. The van der Waals surface area contributed by atoms with Crippen LogP contribution in [0, 0.1) is 0 Å². The molecule has 0 spiro atoms. The predicted molar refractivity (Wildman–Crippen MR) is 45.7 cm³/mol. The molecule has 0 aliphatic rings. The van der Waals surface area contributed by atoms with Crippen LogP contribution in [0.1, 0.15) is 0 Å². The third kappa shape index (κ3) is 4.96. The summed E-state index contributed by atoms with van der Waals surface area (Å²) in [6, 6.07) is 0. The van der Waals surface area contributed by atoms with E-state index in [-0.39, 0.29) is 5.91 Å². The van der Waals surface area contributed by atoms with Crippen molar-refractivity contribution in [3.05, 3.63) is 37.2 Å². The van der Waals surface area contributed by atoms with Crippen molar-refractivity contribution >= 4 is 5.91 Å². The number of allylic oxidation sites excluding steroid dienone is 1. The Morgan fingerprint density at radius 1 is 1.55 bits per heavy atom. The largest absolute Gasteiger partial charge is 0.394 e. The Morgan fingerprint density at radius 3 is 2.64 bits per heavy atom. The molecule has 2 N–H and O–H groups in total. The van der Waals surface area contributed by atoms with Crippen LogP contribution in [0.5, 0.6) is 0 Å². The van der Waals surface area contributed by atoms with E-state index in [1.165, 1.54) is 6.08 Å². The molecule has 11 heavy (non-hydrogen) atoms. The molecule has 60 valence electrons. The number of nitrogens with one attached hydrogen (secondary N) is 2. The second-order valence-electron chi connectivity index (χ2n) is 1.84. The average molecular weight is 152 g/mol. The van der Waals surface area contributed by atoms with Gasteiger partial charge in [-0.05, 0) is 18.4 Å². The summed E-state index contributed by atoms with van der Waals surface area (Å²) in [6.45, 7) is 6.87. The van der Waals surface area contributed by atoms with Crippen LogP contribution in [-0.2, 0) is 4.79 Å². The highest BCUT2D eigenvalue weighted by Crippen LogP contribution is 1.84. The van der Waals surface area contributed by atoms with Crippen molar-refractivity contribution in [2.24, 2.45) is 0 Å². The summed E-state index contributed by atoms with van der Waals surface area (Å²) < 4.78 is 0. The van der Waals surface area contributed by atoms with Gasteiger partial charge in [-0.1, -0.05) is 13.2 Å². The molecule has 0 unspecified atom stereocenters. The highest BCUT2D eigenvalue weighted by molar-refractivity contribution is 5.88. The second kappa shape index (κ2) is 5.29. The smallest absolute Gasteiger partial charge is 0.247 e. The van der Waals surface area contributed by atoms with E-state index in [4.69, 9.17) is 0 Å². The van der Waals surface area contributed by atoms with Gasteiger partial charge in [0.15, 0.2) is 0 Å². The quantitative estimate of drug-likeness (QED) is 0.456. The fraction of sp³-hybridized carbons (Fsp3) is 0.125. The molecule has 0 aromatic carbocycles. The Hall–Kier alpha value is -1.51. The Balaban J connectivity index is 3.78. The van der Waals surface area contributed by atoms with Crippen molar-refractivity contribution in [2.45, 2.75) is 0 Å². The lowest BCUT2D eigenvalue weighted by Crippen LogP contribution is -2.18. The number of carbonyl (C=O) groups excluding carboxylic acids is 1. The van der Waals surface area contributed by atoms with Gasteiger partial charge in [-0.3, -0.25) is 4.79 Å². The van der Waals surface area contributed by atoms with E-state index in [0.29, 0.717) is 5.70 Å². The Kier molecular flexibility index (Phi) is 4.56. The Bertz CT molecular complexity index is 194. The molecule has 3 heteroatoms. The van der Waals surface area contributed by atoms with E-state index in [0.717, 1.165) is 0 Å². The highest BCUT2D eigenvalue weighted by atomic mass is 16.1. The average Bonchev–Trinajstić information content (AvgIpc) is 2.00. The highest BCUT2D eigenvalue weighted by Gasteiger charge is 1.91. The van der Waals surface area contributed by atoms with Gasteiger partial charge < -0.3 is 10.6 Å². The molecule has 0 aromatic heterocycles. The fourth-order valence-corrected chi connectivity index (χ4v) is 0.435. The first-order chi connectivity index (χ1) is 5.20. The van der Waals surface area contributed by atoms with Gasteiger partial charge in [-0.15, -0.1) is 0 Å². The third-order valence-electron chi connectivity index (χ3n) is 0.920. The molecule has 0 rings (SSSR count). The zero-order valence-corrected chi connectivity index (χ0v) is 6.55. The number of carbonyl (C=O) groups is 1. The summed E-state index contributed by atoms with van der Waals surface area (Å²) >= 11 is 0. The van der Waals surface area contributed by atoms with Crippen LogP contribution >= 0.6 is 0 Å². The normalized spacial score (nSPS) is 9.18. The van der Waals surface area contributed by atoms with Crippen molar-refractivity contribution in [1.29, 1.82) is 0 Å². The van der Waals surface area contributed by atoms with Crippen LogP contribution in [0.3, 0.4) is 0 Å². The molecule has 0 saturated carbocycles. The minimum atomic E-state index is -0.254. The fourth-order valence-electron chi connectivity index (χ4n) is 0.435. The molecule has 0 aliphatic carbocycles. The van der Waals surface area contributed by atoms with Gasteiger partial charge in [0.05, 0.1) is 0 Å². The standard InChI is InChI=1S/C8H12N2O/c1-4-8(11)10-7(2)5-6-9-3/h4-6,9H,1-2H2,3H3,(H,10,11)/b6-5-. The summed E-state index contributed by atoms with van der Waals surface area (Å²) in [4.78, 5) is 10.6. The Morgan fingerprint density at radius 2 is 2.18 bits per heavy atom. The van der Waals surface area contributed by atoms with Gasteiger partial charge in [-0.2, -0.15) is 0 Å². The van der Waals surface area contributed by atoms with Crippen molar-refractivity contribution in [2.75, 3.05) is 7.05 Å². The minimum Gasteiger partial charge on any atom is -0.394 e. The third-order valence-corrected chi connectivity index (χ3v) is 0.920. The summed E-state index contributed by atoms with van der Waals surface area (Å²) in [5.74, 6) is -0.254. The Labute approximate surface area is 66.5 Å². The first-order valence-corrected chi connectivity index (χ1v) is 3.17. The van der Waals surface area contributed by atoms with Gasteiger partial charge in [0.25, 0.3) is 0 Å². The van der Waals surface area contributed by atoms with E-state index in [1.807, 2.05) is 0 Å². The van der Waals surface area contributed by atoms with Crippen LogP contribution in [0.25, 0.3) is 0 Å². The molecular formula is C8H12N2O. The summed E-state index contributed by atoms with van der Waals surface area (Å²) in [5, 5.41) is 5.26. The lowest BCUT2D eigenvalue weighted by Gasteiger charge is -1.98. The lowest BCUT2D eigenvalue weighted by molar-refractivity contribution is -0.115. The monoisotopic (exact) mass is 152 g/mol. The molecule has 0 fully saturated rings. The lowest BCUT2D eigenvalue weighted by atomic mass is 10.4. The van der Waals surface area contributed by atoms with E-state index in [1.54, 1.807) is 19.3 Å². The first-order valence-electron chi connectivity index (χ1n) is 3.17. The van der Waals surface area contributed by atoms with Gasteiger partial charge in [-0.25, -0.2) is 0 Å². The second-order valence-corrected chi connectivity index (χ2v) is 1.84. The molecule has 0 saturated heterocycles. The number of rotatable bonds is 4.